The van der Waals surface area contributed by atoms with Crippen LogP contribution in [0.4, 0.5) is 0 Å². The van der Waals surface area contributed by atoms with E-state index in [0.29, 0.717) is 5.56 Å². The molecule has 0 bridgehead atoms. The first kappa shape index (κ1) is 13.2. The summed E-state index contributed by atoms with van der Waals surface area (Å²) in [5, 5.41) is 14.9. The Morgan fingerprint density at radius 1 is 1.47 bits per heavy atom. The van der Waals surface area contributed by atoms with E-state index in [1.165, 1.54) is 17.3 Å². The van der Waals surface area contributed by atoms with Crippen LogP contribution in [0.1, 0.15) is 12.5 Å². The maximum atomic E-state index is 11.5. The molecule has 0 aliphatic rings. The van der Waals surface area contributed by atoms with Crippen LogP contribution in [-0.4, -0.2) is 25.8 Å². The second kappa shape index (κ2) is 5.19. The van der Waals surface area contributed by atoms with Gasteiger partial charge in [-0.1, -0.05) is 37.3 Å². The van der Waals surface area contributed by atoms with E-state index in [9.17, 15) is 9.90 Å². The molecule has 6 nitrogen and oxygen atoms in total. The van der Waals surface area contributed by atoms with Gasteiger partial charge < -0.3 is 10.8 Å². The molecule has 3 N–H and O–H groups in total. The van der Waals surface area contributed by atoms with Crippen LogP contribution in [0.5, 0.6) is 0 Å². The van der Waals surface area contributed by atoms with Gasteiger partial charge in [0.1, 0.15) is 18.3 Å². The molecule has 1 amide bonds. The molecule has 1 aromatic carbocycles. The molecule has 2 atom stereocenters. The summed E-state index contributed by atoms with van der Waals surface area (Å²) in [6.07, 6.45) is 2.86. The van der Waals surface area contributed by atoms with Crippen LogP contribution in [0, 0.1) is 5.92 Å². The molecule has 0 spiro atoms. The third kappa shape index (κ3) is 2.63. The number of benzene rings is 1. The monoisotopic (exact) mass is 260 g/mol. The Bertz CT molecular complexity index is 541. The number of nitrogens with two attached hydrogens (primary N) is 1. The van der Waals surface area contributed by atoms with Gasteiger partial charge in [0.15, 0.2) is 0 Å². The lowest BCUT2D eigenvalue weighted by Crippen LogP contribution is -2.44. The van der Waals surface area contributed by atoms with E-state index in [1.54, 1.807) is 31.2 Å². The predicted molar refractivity (Wildman–Crippen MR) is 68.7 cm³/mol. The van der Waals surface area contributed by atoms with Crippen molar-refractivity contribution >= 4 is 5.91 Å². The average molecular weight is 260 g/mol. The van der Waals surface area contributed by atoms with Gasteiger partial charge in [0.25, 0.3) is 0 Å². The summed E-state index contributed by atoms with van der Waals surface area (Å²) < 4.78 is 1.48. The van der Waals surface area contributed by atoms with E-state index in [4.69, 9.17) is 5.73 Å². The number of amides is 1. The van der Waals surface area contributed by atoms with E-state index < -0.39 is 17.4 Å². The number of hydrogen-bond acceptors (Lipinski definition) is 4. The third-order valence-electron chi connectivity index (χ3n) is 3.29. The maximum absolute atomic E-state index is 11.5. The fourth-order valence-corrected chi connectivity index (χ4v) is 2.00. The normalized spacial score (nSPS) is 15.7. The zero-order valence-corrected chi connectivity index (χ0v) is 10.6. The van der Waals surface area contributed by atoms with E-state index in [2.05, 4.69) is 10.1 Å². The zero-order chi connectivity index (χ0) is 13.9. The Labute approximate surface area is 110 Å². The van der Waals surface area contributed by atoms with Crippen molar-refractivity contribution in [2.75, 3.05) is 0 Å². The molecule has 0 radical (unpaired) electrons. The molecule has 0 fully saturated rings. The smallest absolute Gasteiger partial charge is 0.223 e. The van der Waals surface area contributed by atoms with Gasteiger partial charge in [-0.3, -0.25) is 4.79 Å². The van der Waals surface area contributed by atoms with Crippen molar-refractivity contribution in [1.82, 2.24) is 14.8 Å². The minimum Gasteiger partial charge on any atom is -0.382 e. The molecule has 6 heteroatoms. The van der Waals surface area contributed by atoms with Crippen molar-refractivity contribution in [3.63, 3.8) is 0 Å². The molecule has 1 heterocycles. The molecule has 2 aromatic rings. The lowest BCUT2D eigenvalue weighted by atomic mass is 9.81. The zero-order valence-electron chi connectivity index (χ0n) is 10.6. The number of carbonyl (C=O) groups is 1. The molecule has 0 saturated heterocycles. The Hall–Kier alpha value is -2.21. The molecule has 0 aliphatic carbocycles. The van der Waals surface area contributed by atoms with Crippen LogP contribution in [0.3, 0.4) is 0 Å². The highest BCUT2D eigenvalue weighted by molar-refractivity contribution is 5.77. The van der Waals surface area contributed by atoms with Gasteiger partial charge in [0, 0.05) is 0 Å². The summed E-state index contributed by atoms with van der Waals surface area (Å²) in [7, 11) is 0. The number of primary amides is 1. The number of aliphatic hydroxyl groups is 1. The van der Waals surface area contributed by atoms with Crippen molar-refractivity contribution < 1.29 is 9.90 Å². The first-order chi connectivity index (χ1) is 9.04. The topological polar surface area (TPSA) is 94.0 Å². The molecule has 19 heavy (non-hydrogen) atoms. The summed E-state index contributed by atoms with van der Waals surface area (Å²) in [5.74, 6) is -1.31. The van der Waals surface area contributed by atoms with Crippen molar-refractivity contribution in [3.8, 4) is 0 Å². The molecule has 0 aliphatic heterocycles. The van der Waals surface area contributed by atoms with Crippen LogP contribution in [-0.2, 0) is 16.9 Å². The SMILES string of the molecule is CC(C(N)=O)C(O)(Cn1cncn1)c1ccccc1. The molecular formula is C13H16N4O2. The van der Waals surface area contributed by atoms with Gasteiger partial charge in [-0.15, -0.1) is 0 Å². The average Bonchev–Trinajstić information content (AvgIpc) is 2.91. The van der Waals surface area contributed by atoms with Gasteiger partial charge in [0.05, 0.1) is 12.5 Å². The Morgan fingerprint density at radius 3 is 2.68 bits per heavy atom. The van der Waals surface area contributed by atoms with Crippen LogP contribution in [0.25, 0.3) is 0 Å². The molecule has 1 aromatic heterocycles. The minimum absolute atomic E-state index is 0.112. The number of carbonyl (C=O) groups excluding carboxylic acids is 1. The largest absolute Gasteiger partial charge is 0.382 e. The van der Waals surface area contributed by atoms with Crippen LogP contribution in [0.2, 0.25) is 0 Å². The Morgan fingerprint density at radius 2 is 2.16 bits per heavy atom. The predicted octanol–water partition coefficient (Wildman–Crippen LogP) is 0.287. The van der Waals surface area contributed by atoms with Crippen molar-refractivity contribution in [1.29, 1.82) is 0 Å². The number of aromatic nitrogens is 3. The van der Waals surface area contributed by atoms with Crippen molar-refractivity contribution in [2.45, 2.75) is 19.1 Å². The van der Waals surface area contributed by atoms with E-state index in [0.717, 1.165) is 0 Å². The second-order valence-corrected chi connectivity index (χ2v) is 4.51. The first-order valence-corrected chi connectivity index (χ1v) is 5.93. The van der Waals surface area contributed by atoms with Crippen molar-refractivity contribution in [3.05, 3.63) is 48.5 Å². The van der Waals surface area contributed by atoms with Gasteiger partial charge in [-0.2, -0.15) is 5.10 Å². The minimum atomic E-state index is -1.42. The van der Waals surface area contributed by atoms with E-state index >= 15 is 0 Å². The van der Waals surface area contributed by atoms with Gasteiger partial charge in [-0.05, 0) is 5.56 Å². The highest BCUT2D eigenvalue weighted by Crippen LogP contribution is 2.31. The van der Waals surface area contributed by atoms with Gasteiger partial charge in [0.2, 0.25) is 5.91 Å². The van der Waals surface area contributed by atoms with E-state index in [1.807, 2.05) is 6.07 Å². The van der Waals surface area contributed by atoms with Gasteiger partial charge >= 0.3 is 0 Å². The molecule has 2 unspecified atom stereocenters. The van der Waals surface area contributed by atoms with Crippen molar-refractivity contribution in [2.24, 2.45) is 11.7 Å². The molecule has 0 saturated carbocycles. The first-order valence-electron chi connectivity index (χ1n) is 5.93. The molecule has 100 valence electrons. The molecular weight excluding hydrogens is 244 g/mol. The quantitative estimate of drug-likeness (QED) is 0.807. The number of rotatable bonds is 5. The summed E-state index contributed by atoms with van der Waals surface area (Å²) in [5.41, 5.74) is 4.55. The van der Waals surface area contributed by atoms with Crippen LogP contribution >= 0.6 is 0 Å². The molecule has 2 rings (SSSR count). The fraction of sp³-hybridized carbons (Fsp3) is 0.308. The van der Waals surface area contributed by atoms with E-state index in [-0.39, 0.29) is 6.54 Å². The summed E-state index contributed by atoms with van der Waals surface area (Å²) >= 11 is 0. The summed E-state index contributed by atoms with van der Waals surface area (Å²) in [4.78, 5) is 15.3. The third-order valence-corrected chi connectivity index (χ3v) is 3.29. The Kier molecular flexibility index (Phi) is 3.62. The fourth-order valence-electron chi connectivity index (χ4n) is 2.00. The van der Waals surface area contributed by atoms with Gasteiger partial charge in [-0.25, -0.2) is 9.67 Å². The lowest BCUT2D eigenvalue weighted by Gasteiger charge is -2.32. The summed E-state index contributed by atoms with van der Waals surface area (Å²) in [6.45, 7) is 1.72. The maximum Gasteiger partial charge on any atom is 0.223 e. The highest BCUT2D eigenvalue weighted by atomic mass is 16.3. The summed E-state index contributed by atoms with van der Waals surface area (Å²) in [6, 6.07) is 8.96. The highest BCUT2D eigenvalue weighted by Gasteiger charge is 2.39. The lowest BCUT2D eigenvalue weighted by molar-refractivity contribution is -0.132. The number of hydrogen-bond donors (Lipinski definition) is 2. The second-order valence-electron chi connectivity index (χ2n) is 4.51. The van der Waals surface area contributed by atoms with Crippen LogP contribution in [0.15, 0.2) is 43.0 Å². The standard InChI is InChI=1S/C13H16N4O2/c1-10(12(14)18)13(19,7-17-9-15-8-16-17)11-5-3-2-4-6-11/h2-6,8-10,19H,7H2,1H3,(H2,14,18). The van der Waals surface area contributed by atoms with Crippen LogP contribution < -0.4 is 5.73 Å². The number of nitrogens with zero attached hydrogens (tertiary/aromatic N) is 3. The Balaban J connectivity index is 2.41.